The molecule has 2 N–H and O–H groups in total. The van der Waals surface area contributed by atoms with Crippen molar-refractivity contribution in [2.75, 3.05) is 11.6 Å². The number of hydrogen-bond acceptors (Lipinski definition) is 4. The van der Waals surface area contributed by atoms with E-state index in [0.29, 0.717) is 6.54 Å². The summed E-state index contributed by atoms with van der Waals surface area (Å²) in [5.41, 5.74) is 2.41. The minimum absolute atomic E-state index is 0.197. The van der Waals surface area contributed by atoms with Crippen molar-refractivity contribution in [3.05, 3.63) is 52.0 Å². The Balaban J connectivity index is 2.26. The molecule has 0 unspecified atom stereocenters. The van der Waals surface area contributed by atoms with Crippen molar-refractivity contribution in [3.63, 3.8) is 0 Å². The van der Waals surface area contributed by atoms with Crippen LogP contribution in [0.25, 0.3) is 0 Å². The van der Waals surface area contributed by atoms with Crippen molar-refractivity contribution in [1.82, 2.24) is 0 Å². The molecule has 0 fully saturated rings. The Bertz CT molecular complexity index is 772. The summed E-state index contributed by atoms with van der Waals surface area (Å²) in [7, 11) is -3.24. The first kappa shape index (κ1) is 15.9. The van der Waals surface area contributed by atoms with Crippen LogP contribution >= 0.6 is 15.9 Å². The number of hydrogen-bond donors (Lipinski definition) is 2. The quantitative estimate of drug-likeness (QED) is 0.865. The van der Waals surface area contributed by atoms with E-state index >= 15 is 0 Å². The van der Waals surface area contributed by atoms with Gasteiger partial charge in [0.2, 0.25) is 0 Å². The second-order valence-electron chi connectivity index (χ2n) is 4.88. The first-order valence-corrected chi connectivity index (χ1v) is 8.98. The number of rotatable bonds is 4. The van der Waals surface area contributed by atoms with E-state index in [1.165, 1.54) is 6.26 Å². The van der Waals surface area contributed by atoms with Crippen LogP contribution in [0.15, 0.2) is 45.8 Å². The monoisotopic (exact) mass is 369 g/mol. The normalized spacial score (nSPS) is 11.4. The third-order valence-electron chi connectivity index (χ3n) is 3.15. The minimum atomic E-state index is -3.24. The molecule has 4 nitrogen and oxygen atoms in total. The molecule has 2 aromatic rings. The van der Waals surface area contributed by atoms with Gasteiger partial charge in [0.15, 0.2) is 9.84 Å². The maximum Gasteiger partial charge on any atom is 0.175 e. The van der Waals surface area contributed by atoms with Gasteiger partial charge in [-0.3, -0.25) is 0 Å². The average Bonchev–Trinajstić information content (AvgIpc) is 2.40. The highest BCUT2D eigenvalue weighted by Gasteiger charge is 2.10. The summed E-state index contributed by atoms with van der Waals surface area (Å²) in [6.07, 6.45) is 1.18. The number of aryl methyl sites for hydroxylation is 1. The third kappa shape index (κ3) is 3.98. The fourth-order valence-electron chi connectivity index (χ4n) is 1.91. The molecule has 0 bridgehead atoms. The maximum atomic E-state index is 11.6. The lowest BCUT2D eigenvalue weighted by Crippen LogP contribution is -2.04. The maximum absolute atomic E-state index is 11.6. The zero-order valence-electron chi connectivity index (χ0n) is 11.7. The molecular weight excluding hydrogens is 354 g/mol. The molecule has 6 heteroatoms. The van der Waals surface area contributed by atoms with Crippen molar-refractivity contribution in [2.45, 2.75) is 18.4 Å². The van der Waals surface area contributed by atoms with Gasteiger partial charge in [0.1, 0.15) is 5.75 Å². The summed E-state index contributed by atoms with van der Waals surface area (Å²) in [5, 5.41) is 13.0. The topological polar surface area (TPSA) is 66.4 Å². The van der Waals surface area contributed by atoms with E-state index in [0.717, 1.165) is 21.3 Å². The molecule has 0 aliphatic rings. The van der Waals surface area contributed by atoms with Gasteiger partial charge in [0.25, 0.3) is 0 Å². The third-order valence-corrected chi connectivity index (χ3v) is 4.75. The Labute approximate surface area is 132 Å². The van der Waals surface area contributed by atoms with Crippen LogP contribution in [0.1, 0.15) is 11.1 Å². The number of halogens is 1. The van der Waals surface area contributed by atoms with E-state index in [9.17, 15) is 13.5 Å². The molecule has 2 rings (SSSR count). The van der Waals surface area contributed by atoms with Crippen molar-refractivity contribution in [2.24, 2.45) is 0 Å². The average molecular weight is 370 g/mol. The number of phenolic OH excluding ortho intramolecular Hbond substituents is 1. The number of anilines is 1. The number of nitrogens with one attached hydrogen (secondary N) is 1. The van der Waals surface area contributed by atoms with Crippen LogP contribution in [0, 0.1) is 6.92 Å². The first-order chi connectivity index (χ1) is 9.77. The van der Waals surface area contributed by atoms with Gasteiger partial charge in [-0.2, -0.15) is 0 Å². The van der Waals surface area contributed by atoms with Crippen molar-refractivity contribution in [3.8, 4) is 5.75 Å². The van der Waals surface area contributed by atoms with E-state index in [1.807, 2.05) is 13.0 Å². The largest absolute Gasteiger partial charge is 0.508 e. The molecule has 0 saturated carbocycles. The highest BCUT2D eigenvalue weighted by atomic mass is 79.9. The number of sulfone groups is 1. The molecule has 21 heavy (non-hydrogen) atoms. The molecule has 0 spiro atoms. The SMILES string of the molecule is Cc1ccc(S(C)(=O)=O)cc1NCc1cc(Br)ccc1O. The van der Waals surface area contributed by atoms with E-state index in [2.05, 4.69) is 21.2 Å². The van der Waals surface area contributed by atoms with Crippen LogP contribution in [0.5, 0.6) is 5.75 Å². The zero-order chi connectivity index (χ0) is 15.6. The van der Waals surface area contributed by atoms with Gasteiger partial charge in [-0.15, -0.1) is 0 Å². The molecule has 0 radical (unpaired) electrons. The zero-order valence-corrected chi connectivity index (χ0v) is 14.1. The van der Waals surface area contributed by atoms with Crippen LogP contribution in [-0.2, 0) is 16.4 Å². The summed E-state index contributed by atoms with van der Waals surface area (Å²) in [5.74, 6) is 0.197. The van der Waals surface area contributed by atoms with E-state index in [-0.39, 0.29) is 10.6 Å². The summed E-state index contributed by atoms with van der Waals surface area (Å²) >= 11 is 3.36. The van der Waals surface area contributed by atoms with E-state index in [4.69, 9.17) is 0 Å². The number of aromatic hydroxyl groups is 1. The van der Waals surface area contributed by atoms with Crippen LogP contribution < -0.4 is 5.32 Å². The first-order valence-electron chi connectivity index (χ1n) is 6.29. The molecule has 0 amide bonds. The van der Waals surface area contributed by atoms with Gasteiger partial charge >= 0.3 is 0 Å². The molecule has 0 heterocycles. The summed E-state index contributed by atoms with van der Waals surface area (Å²) in [6, 6.07) is 10.2. The minimum Gasteiger partial charge on any atom is -0.508 e. The second-order valence-corrected chi connectivity index (χ2v) is 7.81. The predicted octanol–water partition coefficient (Wildman–Crippen LogP) is 3.48. The van der Waals surface area contributed by atoms with Crippen LogP contribution in [0.2, 0.25) is 0 Å². The number of benzene rings is 2. The molecule has 0 aliphatic heterocycles. The Morgan fingerprint density at radius 1 is 1.19 bits per heavy atom. The summed E-state index contributed by atoms with van der Waals surface area (Å²) in [6.45, 7) is 2.30. The van der Waals surface area contributed by atoms with Gasteiger partial charge in [-0.25, -0.2) is 8.42 Å². The Kier molecular flexibility index (Phi) is 4.58. The molecule has 0 saturated heterocycles. The fraction of sp³-hybridized carbons (Fsp3) is 0.200. The van der Waals surface area contributed by atoms with Gasteiger partial charge in [0, 0.05) is 28.5 Å². The van der Waals surface area contributed by atoms with Gasteiger partial charge < -0.3 is 10.4 Å². The lowest BCUT2D eigenvalue weighted by atomic mass is 10.1. The smallest absolute Gasteiger partial charge is 0.175 e. The molecule has 0 aromatic heterocycles. The van der Waals surface area contributed by atoms with Gasteiger partial charge in [0.05, 0.1) is 4.90 Å². The van der Waals surface area contributed by atoms with E-state index < -0.39 is 9.84 Å². The molecule has 0 atom stereocenters. The Hall–Kier alpha value is -1.53. The Morgan fingerprint density at radius 3 is 2.57 bits per heavy atom. The lowest BCUT2D eigenvalue weighted by molar-refractivity contribution is 0.469. The second kappa shape index (κ2) is 6.07. The van der Waals surface area contributed by atoms with Crippen LogP contribution in [0.3, 0.4) is 0 Å². The van der Waals surface area contributed by atoms with E-state index in [1.54, 1.807) is 30.3 Å². The molecule has 2 aromatic carbocycles. The van der Waals surface area contributed by atoms with Crippen LogP contribution in [-0.4, -0.2) is 19.8 Å². The summed E-state index contributed by atoms with van der Waals surface area (Å²) in [4.78, 5) is 0.272. The lowest BCUT2D eigenvalue weighted by Gasteiger charge is -2.12. The van der Waals surface area contributed by atoms with Crippen molar-refractivity contribution >= 4 is 31.5 Å². The molecule has 0 aliphatic carbocycles. The predicted molar refractivity (Wildman–Crippen MR) is 87.4 cm³/mol. The molecular formula is C15H16BrNO3S. The highest BCUT2D eigenvalue weighted by molar-refractivity contribution is 9.10. The number of phenols is 1. The Morgan fingerprint density at radius 2 is 1.90 bits per heavy atom. The standard InChI is InChI=1S/C15H16BrNO3S/c1-10-3-5-13(21(2,19)20)8-14(10)17-9-11-7-12(16)4-6-15(11)18/h3-8,17-18H,9H2,1-2H3. The van der Waals surface area contributed by atoms with Gasteiger partial charge in [-0.05, 0) is 42.8 Å². The summed E-state index contributed by atoms with van der Waals surface area (Å²) < 4.78 is 24.1. The van der Waals surface area contributed by atoms with Crippen LogP contribution in [0.4, 0.5) is 5.69 Å². The fourth-order valence-corrected chi connectivity index (χ4v) is 2.96. The van der Waals surface area contributed by atoms with Gasteiger partial charge in [-0.1, -0.05) is 22.0 Å². The molecule has 112 valence electrons. The van der Waals surface area contributed by atoms with Crippen molar-refractivity contribution in [1.29, 1.82) is 0 Å². The van der Waals surface area contributed by atoms with Crippen molar-refractivity contribution < 1.29 is 13.5 Å². The highest BCUT2D eigenvalue weighted by Crippen LogP contribution is 2.25.